The largest absolute Gasteiger partial charge is 0.378 e. The molecule has 0 radical (unpaired) electrons. The normalized spacial score (nSPS) is 10.6. The predicted molar refractivity (Wildman–Crippen MR) is 112 cm³/mol. The number of hydrogen-bond acceptors (Lipinski definition) is 5. The van der Waals surface area contributed by atoms with E-state index in [1.807, 2.05) is 48.6 Å². The first-order valence-corrected chi connectivity index (χ1v) is 10.1. The quantitative estimate of drug-likeness (QED) is 0.614. The Morgan fingerprint density at radius 2 is 1.81 bits per heavy atom. The van der Waals surface area contributed by atoms with E-state index < -0.39 is 0 Å². The van der Waals surface area contributed by atoms with Crippen molar-refractivity contribution in [1.82, 2.24) is 4.98 Å². The van der Waals surface area contributed by atoms with Gasteiger partial charge >= 0.3 is 0 Å². The van der Waals surface area contributed by atoms with E-state index >= 15 is 0 Å². The van der Waals surface area contributed by atoms with Crippen molar-refractivity contribution in [2.75, 3.05) is 30.1 Å². The van der Waals surface area contributed by atoms with Crippen molar-refractivity contribution in [3.05, 3.63) is 59.5 Å². The van der Waals surface area contributed by atoms with Crippen LogP contribution in [0.25, 0.3) is 11.3 Å². The lowest BCUT2D eigenvalue weighted by Crippen LogP contribution is -2.14. The highest BCUT2D eigenvalue weighted by atomic mass is 32.2. The van der Waals surface area contributed by atoms with Crippen molar-refractivity contribution in [2.45, 2.75) is 11.3 Å². The highest BCUT2D eigenvalue weighted by Crippen LogP contribution is 2.28. The molecule has 3 rings (SSSR count). The minimum Gasteiger partial charge on any atom is -0.378 e. The third-order valence-corrected chi connectivity index (χ3v) is 5.85. The van der Waals surface area contributed by atoms with Crippen LogP contribution in [0.15, 0.2) is 58.3 Å². The summed E-state index contributed by atoms with van der Waals surface area (Å²) in [6, 6.07) is 16.1. The van der Waals surface area contributed by atoms with Gasteiger partial charge in [0.1, 0.15) is 0 Å². The van der Waals surface area contributed by atoms with Crippen LogP contribution < -0.4 is 10.2 Å². The van der Waals surface area contributed by atoms with Crippen LogP contribution in [0, 0.1) is 6.92 Å². The van der Waals surface area contributed by atoms with Gasteiger partial charge in [-0.2, -0.15) is 0 Å². The number of rotatable bonds is 6. The number of hydrogen-bond donors (Lipinski definition) is 1. The average molecular weight is 384 g/mol. The number of benzene rings is 2. The summed E-state index contributed by atoms with van der Waals surface area (Å²) >= 11 is 3.03. The molecule has 0 saturated carbocycles. The molecule has 0 fully saturated rings. The minimum atomic E-state index is -0.0281. The first-order chi connectivity index (χ1) is 12.5. The van der Waals surface area contributed by atoms with Gasteiger partial charge < -0.3 is 10.2 Å². The zero-order chi connectivity index (χ0) is 18.5. The Hall–Kier alpha value is -2.31. The van der Waals surface area contributed by atoms with Crippen molar-refractivity contribution < 1.29 is 4.79 Å². The Kier molecular flexibility index (Phi) is 5.96. The molecule has 1 heterocycles. The summed E-state index contributed by atoms with van der Waals surface area (Å²) < 4.78 is 0.902. The Labute approximate surface area is 162 Å². The first kappa shape index (κ1) is 18.5. The molecule has 0 aliphatic carbocycles. The van der Waals surface area contributed by atoms with E-state index in [4.69, 9.17) is 0 Å². The van der Waals surface area contributed by atoms with Gasteiger partial charge in [0, 0.05) is 36.4 Å². The Morgan fingerprint density at radius 3 is 2.46 bits per heavy atom. The molecule has 1 amide bonds. The number of anilines is 2. The summed E-state index contributed by atoms with van der Waals surface area (Å²) in [5.74, 6) is 0.315. The van der Waals surface area contributed by atoms with Gasteiger partial charge in [-0.25, -0.2) is 4.98 Å². The summed E-state index contributed by atoms with van der Waals surface area (Å²) in [4.78, 5) is 18.8. The zero-order valence-corrected chi connectivity index (χ0v) is 16.7. The SMILES string of the molecule is Cc1ccc(-c2csc(SCC(=O)Nc3ccc(N(C)C)cc3)n2)cc1. The second kappa shape index (κ2) is 8.38. The Balaban J connectivity index is 1.54. The van der Waals surface area contributed by atoms with Crippen molar-refractivity contribution in [1.29, 1.82) is 0 Å². The van der Waals surface area contributed by atoms with Crippen molar-refractivity contribution >= 4 is 40.4 Å². The standard InChI is InChI=1S/C20H21N3OS2/c1-14-4-6-15(7-5-14)18-12-25-20(22-18)26-13-19(24)21-16-8-10-17(11-9-16)23(2)3/h4-12H,13H2,1-3H3,(H,21,24). The predicted octanol–water partition coefficient (Wildman–Crippen LogP) is 4.92. The van der Waals surface area contributed by atoms with Crippen molar-refractivity contribution in [2.24, 2.45) is 0 Å². The van der Waals surface area contributed by atoms with Crippen LogP contribution in [0.1, 0.15) is 5.56 Å². The van der Waals surface area contributed by atoms with Gasteiger partial charge in [-0.15, -0.1) is 11.3 Å². The summed E-state index contributed by atoms with van der Waals surface area (Å²) in [5, 5.41) is 4.95. The molecule has 134 valence electrons. The smallest absolute Gasteiger partial charge is 0.234 e. The van der Waals surface area contributed by atoms with Gasteiger partial charge in [-0.1, -0.05) is 41.6 Å². The number of nitrogens with one attached hydrogen (secondary N) is 1. The average Bonchev–Trinajstić information content (AvgIpc) is 3.10. The lowest BCUT2D eigenvalue weighted by Gasteiger charge is -2.12. The van der Waals surface area contributed by atoms with Crippen LogP contribution >= 0.6 is 23.1 Å². The van der Waals surface area contributed by atoms with Gasteiger partial charge in [0.05, 0.1) is 11.4 Å². The summed E-state index contributed by atoms with van der Waals surface area (Å²) in [6.45, 7) is 2.07. The molecule has 3 aromatic rings. The molecule has 1 N–H and O–H groups in total. The zero-order valence-electron chi connectivity index (χ0n) is 15.0. The van der Waals surface area contributed by atoms with Crippen LogP contribution in [0.5, 0.6) is 0 Å². The Morgan fingerprint density at radius 1 is 1.12 bits per heavy atom. The van der Waals surface area contributed by atoms with Gasteiger partial charge in [0.2, 0.25) is 5.91 Å². The molecule has 0 atom stereocenters. The molecule has 0 bridgehead atoms. The second-order valence-corrected chi connectivity index (χ2v) is 8.22. The number of aromatic nitrogens is 1. The molecule has 6 heteroatoms. The summed E-state index contributed by atoms with van der Waals surface area (Å²) in [5.41, 5.74) is 5.19. The number of thioether (sulfide) groups is 1. The third kappa shape index (κ3) is 4.86. The van der Waals surface area contributed by atoms with Crippen LogP contribution in [0.2, 0.25) is 0 Å². The summed E-state index contributed by atoms with van der Waals surface area (Å²) in [7, 11) is 3.98. The number of carbonyl (C=O) groups is 1. The van der Waals surface area contributed by atoms with E-state index in [-0.39, 0.29) is 5.91 Å². The molecule has 26 heavy (non-hydrogen) atoms. The second-order valence-electron chi connectivity index (χ2n) is 6.14. The van der Waals surface area contributed by atoms with Gasteiger partial charge in [-0.05, 0) is 31.2 Å². The van der Waals surface area contributed by atoms with Gasteiger partial charge in [0.15, 0.2) is 4.34 Å². The number of thiazole rings is 1. The van der Waals surface area contributed by atoms with Crippen LogP contribution in [-0.4, -0.2) is 30.7 Å². The maximum absolute atomic E-state index is 12.2. The van der Waals surface area contributed by atoms with E-state index in [0.29, 0.717) is 5.75 Å². The highest BCUT2D eigenvalue weighted by molar-refractivity contribution is 8.01. The first-order valence-electron chi connectivity index (χ1n) is 8.24. The topological polar surface area (TPSA) is 45.2 Å². The van der Waals surface area contributed by atoms with E-state index in [2.05, 4.69) is 41.5 Å². The molecule has 0 unspecified atom stereocenters. The molecule has 0 saturated heterocycles. The van der Waals surface area contributed by atoms with E-state index in [9.17, 15) is 4.79 Å². The Bertz CT molecular complexity index is 871. The molecular weight excluding hydrogens is 362 g/mol. The monoisotopic (exact) mass is 383 g/mol. The molecule has 0 spiro atoms. The number of carbonyl (C=O) groups excluding carboxylic acids is 1. The van der Waals surface area contributed by atoms with E-state index in [1.54, 1.807) is 11.3 Å². The highest BCUT2D eigenvalue weighted by Gasteiger charge is 2.08. The third-order valence-electron chi connectivity index (χ3n) is 3.82. The van der Waals surface area contributed by atoms with Gasteiger partial charge in [0.25, 0.3) is 0 Å². The lowest BCUT2D eigenvalue weighted by atomic mass is 10.1. The fourth-order valence-electron chi connectivity index (χ4n) is 2.35. The fraction of sp³-hybridized carbons (Fsp3) is 0.200. The summed E-state index contributed by atoms with van der Waals surface area (Å²) in [6.07, 6.45) is 0. The molecule has 1 aromatic heterocycles. The van der Waals surface area contributed by atoms with Crippen molar-refractivity contribution in [3.63, 3.8) is 0 Å². The number of nitrogens with zero attached hydrogens (tertiary/aromatic N) is 2. The molecule has 0 aliphatic heterocycles. The van der Waals surface area contributed by atoms with Crippen LogP contribution in [0.3, 0.4) is 0 Å². The van der Waals surface area contributed by atoms with Crippen molar-refractivity contribution in [3.8, 4) is 11.3 Å². The molecule has 4 nitrogen and oxygen atoms in total. The molecule has 2 aromatic carbocycles. The fourth-order valence-corrected chi connectivity index (χ4v) is 3.98. The van der Waals surface area contributed by atoms with Gasteiger partial charge in [-0.3, -0.25) is 4.79 Å². The van der Waals surface area contributed by atoms with Crippen LogP contribution in [0.4, 0.5) is 11.4 Å². The lowest BCUT2D eigenvalue weighted by molar-refractivity contribution is -0.113. The maximum atomic E-state index is 12.2. The minimum absolute atomic E-state index is 0.0281. The molecule has 0 aliphatic rings. The number of aryl methyl sites for hydroxylation is 1. The van der Waals surface area contributed by atoms with E-state index in [1.165, 1.54) is 17.3 Å². The molecular formula is C20H21N3OS2. The maximum Gasteiger partial charge on any atom is 0.234 e. The van der Waals surface area contributed by atoms with E-state index in [0.717, 1.165) is 27.0 Å². The number of amides is 1. The van der Waals surface area contributed by atoms with Crippen LogP contribution in [-0.2, 0) is 4.79 Å².